The van der Waals surface area contributed by atoms with Crippen LogP contribution in [0.15, 0.2) is 0 Å². The molecule has 0 aromatic rings. The molecule has 3 nitrogen and oxygen atoms in total. The van der Waals surface area contributed by atoms with Gasteiger partial charge in [0.2, 0.25) is 5.91 Å². The maximum Gasteiger partial charge on any atom is 0.217 e. The molecule has 0 aromatic heterocycles. The van der Waals surface area contributed by atoms with Gasteiger partial charge in [0, 0.05) is 12.5 Å². The molecule has 0 radical (unpaired) electrons. The minimum absolute atomic E-state index is 0.159. The van der Waals surface area contributed by atoms with E-state index in [1.807, 2.05) is 0 Å². The molecule has 1 amide bonds. The van der Waals surface area contributed by atoms with Gasteiger partial charge < -0.3 is 11.5 Å². The van der Waals surface area contributed by atoms with Crippen molar-refractivity contribution in [3.05, 3.63) is 0 Å². The molecule has 0 bridgehead atoms. The van der Waals surface area contributed by atoms with Gasteiger partial charge in [0.1, 0.15) is 0 Å². The van der Waals surface area contributed by atoms with Crippen molar-refractivity contribution < 1.29 is 4.79 Å². The monoisotopic (exact) mass is 328 g/mol. The molecule has 0 spiro atoms. The third-order valence-electron chi connectivity index (χ3n) is 4.47. The molecule has 0 fully saturated rings. The number of primary amides is 1. The SMILES string of the molecule is CCCC(C)C(N)CC.CCCCCCCCCCCC(N)=O. The number of amides is 1. The van der Waals surface area contributed by atoms with Crippen LogP contribution >= 0.6 is 0 Å². The van der Waals surface area contributed by atoms with Crippen LogP contribution in [0.5, 0.6) is 0 Å². The minimum Gasteiger partial charge on any atom is -0.370 e. The lowest BCUT2D eigenvalue weighted by atomic mass is 9.96. The van der Waals surface area contributed by atoms with Gasteiger partial charge in [0.05, 0.1) is 0 Å². The average Bonchev–Trinajstić information content (AvgIpc) is 2.53. The lowest BCUT2D eigenvalue weighted by molar-refractivity contribution is -0.118. The summed E-state index contributed by atoms with van der Waals surface area (Å²) in [6, 6.07) is 0.421. The summed E-state index contributed by atoms with van der Waals surface area (Å²) in [7, 11) is 0. The fraction of sp³-hybridized carbons (Fsp3) is 0.950. The van der Waals surface area contributed by atoms with Gasteiger partial charge in [-0.05, 0) is 25.2 Å². The van der Waals surface area contributed by atoms with Crippen LogP contribution in [0.1, 0.15) is 111 Å². The number of hydrogen-bond donors (Lipinski definition) is 2. The van der Waals surface area contributed by atoms with Crippen LogP contribution in [0.4, 0.5) is 0 Å². The fourth-order valence-electron chi connectivity index (χ4n) is 2.68. The van der Waals surface area contributed by atoms with Crippen LogP contribution in [-0.2, 0) is 4.79 Å². The highest BCUT2D eigenvalue weighted by atomic mass is 16.1. The molecule has 2 unspecified atom stereocenters. The van der Waals surface area contributed by atoms with Crippen molar-refractivity contribution in [3.63, 3.8) is 0 Å². The van der Waals surface area contributed by atoms with Crippen LogP contribution in [-0.4, -0.2) is 11.9 Å². The van der Waals surface area contributed by atoms with E-state index >= 15 is 0 Å². The molecule has 0 rings (SSSR count). The first kappa shape index (κ1) is 24.7. The molecule has 3 heteroatoms. The molecule has 0 aromatic carbocycles. The van der Waals surface area contributed by atoms with Gasteiger partial charge in [-0.25, -0.2) is 0 Å². The average molecular weight is 329 g/mol. The lowest BCUT2D eigenvalue weighted by Crippen LogP contribution is -2.26. The summed E-state index contributed by atoms with van der Waals surface area (Å²) < 4.78 is 0. The Kier molecular flexibility index (Phi) is 20.9. The topological polar surface area (TPSA) is 69.1 Å². The second-order valence-corrected chi connectivity index (χ2v) is 6.88. The molecule has 0 saturated heterocycles. The zero-order chi connectivity index (χ0) is 17.9. The van der Waals surface area contributed by atoms with Crippen molar-refractivity contribution in [1.29, 1.82) is 0 Å². The molecule has 140 valence electrons. The van der Waals surface area contributed by atoms with Crippen molar-refractivity contribution in [2.75, 3.05) is 0 Å². The minimum atomic E-state index is -0.159. The fourth-order valence-corrected chi connectivity index (χ4v) is 2.68. The highest BCUT2D eigenvalue weighted by molar-refractivity contribution is 5.73. The molecule has 0 heterocycles. The molecule has 0 aliphatic carbocycles. The molecule has 4 N–H and O–H groups in total. The lowest BCUT2D eigenvalue weighted by Gasteiger charge is -2.16. The van der Waals surface area contributed by atoms with E-state index in [4.69, 9.17) is 11.5 Å². The first-order chi connectivity index (χ1) is 11.0. The van der Waals surface area contributed by atoms with Crippen LogP contribution < -0.4 is 11.5 Å². The van der Waals surface area contributed by atoms with Gasteiger partial charge in [0.25, 0.3) is 0 Å². The van der Waals surface area contributed by atoms with Crippen molar-refractivity contribution in [2.24, 2.45) is 17.4 Å². The maximum atomic E-state index is 10.4. The molecule has 23 heavy (non-hydrogen) atoms. The van der Waals surface area contributed by atoms with E-state index in [1.165, 1.54) is 57.8 Å². The largest absolute Gasteiger partial charge is 0.370 e. The first-order valence-electron chi connectivity index (χ1n) is 10.0. The highest BCUT2D eigenvalue weighted by Crippen LogP contribution is 2.11. The number of carbonyl (C=O) groups excluding carboxylic acids is 1. The predicted molar refractivity (Wildman–Crippen MR) is 103 cm³/mol. The number of nitrogens with two attached hydrogens (primary N) is 2. The summed E-state index contributed by atoms with van der Waals surface area (Å²) in [5, 5.41) is 0. The third kappa shape index (κ3) is 21.4. The Morgan fingerprint density at radius 3 is 1.70 bits per heavy atom. The second-order valence-electron chi connectivity index (χ2n) is 6.88. The Bertz CT molecular complexity index is 244. The van der Waals surface area contributed by atoms with E-state index < -0.39 is 0 Å². The smallest absolute Gasteiger partial charge is 0.217 e. The Morgan fingerprint density at radius 1 is 0.826 bits per heavy atom. The van der Waals surface area contributed by atoms with Gasteiger partial charge >= 0.3 is 0 Å². The molecule has 0 saturated carbocycles. The van der Waals surface area contributed by atoms with Crippen LogP contribution in [0.3, 0.4) is 0 Å². The molecule has 0 aliphatic rings. The quantitative estimate of drug-likeness (QED) is 0.410. The van der Waals surface area contributed by atoms with Crippen LogP contribution in [0, 0.1) is 5.92 Å². The Morgan fingerprint density at radius 2 is 1.30 bits per heavy atom. The maximum absolute atomic E-state index is 10.4. The van der Waals surface area contributed by atoms with Gasteiger partial charge in [0.15, 0.2) is 0 Å². The number of rotatable bonds is 14. The van der Waals surface area contributed by atoms with E-state index in [-0.39, 0.29) is 5.91 Å². The third-order valence-corrected chi connectivity index (χ3v) is 4.47. The normalized spacial score (nSPS) is 13.1. The summed E-state index contributed by atoms with van der Waals surface area (Å²) in [5.74, 6) is 0.549. The number of unbranched alkanes of at least 4 members (excludes halogenated alkanes) is 8. The van der Waals surface area contributed by atoms with Gasteiger partial charge in [-0.3, -0.25) is 4.79 Å². The van der Waals surface area contributed by atoms with E-state index in [0.29, 0.717) is 18.4 Å². The molecular formula is C20H44N2O. The first-order valence-corrected chi connectivity index (χ1v) is 10.0. The molecule has 0 aliphatic heterocycles. The van der Waals surface area contributed by atoms with Crippen LogP contribution in [0.2, 0.25) is 0 Å². The zero-order valence-corrected chi connectivity index (χ0v) is 16.4. The number of carbonyl (C=O) groups is 1. The number of hydrogen-bond acceptors (Lipinski definition) is 2. The molecule has 2 atom stereocenters. The Labute approximate surface area is 146 Å². The van der Waals surface area contributed by atoms with Gasteiger partial charge in [-0.15, -0.1) is 0 Å². The Hall–Kier alpha value is -0.570. The predicted octanol–water partition coefficient (Wildman–Crippen LogP) is 5.55. The summed E-state index contributed by atoms with van der Waals surface area (Å²) in [6.07, 6.45) is 15.8. The Balaban J connectivity index is 0. The zero-order valence-electron chi connectivity index (χ0n) is 16.4. The van der Waals surface area contributed by atoms with Crippen molar-refractivity contribution in [3.8, 4) is 0 Å². The standard InChI is InChI=1S/C12H25NO.C8H19N/c1-2-3-4-5-6-7-8-9-10-11-12(13)14;1-4-6-7(3)8(9)5-2/h2-11H2,1H3,(H2,13,14);7-8H,4-6,9H2,1-3H3. The van der Waals surface area contributed by atoms with Crippen molar-refractivity contribution in [1.82, 2.24) is 0 Å². The summed E-state index contributed by atoms with van der Waals surface area (Å²) in [6.45, 7) is 8.83. The van der Waals surface area contributed by atoms with Crippen LogP contribution in [0.25, 0.3) is 0 Å². The summed E-state index contributed by atoms with van der Waals surface area (Å²) in [5.41, 5.74) is 10.9. The van der Waals surface area contributed by atoms with Gasteiger partial charge in [-0.2, -0.15) is 0 Å². The van der Waals surface area contributed by atoms with Crippen molar-refractivity contribution in [2.45, 2.75) is 117 Å². The van der Waals surface area contributed by atoms with E-state index in [9.17, 15) is 4.79 Å². The highest BCUT2D eigenvalue weighted by Gasteiger charge is 2.07. The molecular weight excluding hydrogens is 284 g/mol. The second kappa shape index (κ2) is 19.5. The van der Waals surface area contributed by atoms with E-state index in [2.05, 4.69) is 27.7 Å². The van der Waals surface area contributed by atoms with Crippen molar-refractivity contribution >= 4 is 5.91 Å². The summed E-state index contributed by atoms with van der Waals surface area (Å²) >= 11 is 0. The van der Waals surface area contributed by atoms with E-state index in [1.54, 1.807) is 0 Å². The van der Waals surface area contributed by atoms with E-state index in [0.717, 1.165) is 19.3 Å². The summed E-state index contributed by atoms with van der Waals surface area (Å²) in [4.78, 5) is 10.4. The van der Waals surface area contributed by atoms with Gasteiger partial charge in [-0.1, -0.05) is 85.5 Å².